The highest BCUT2D eigenvalue weighted by atomic mass is 31.2. The molecule has 0 spiro atoms. The van der Waals surface area contributed by atoms with Crippen LogP contribution in [-0.4, -0.2) is 66.2 Å². The standard InChI is InChI=1S/C35H46N4O9P2/c1-6-45-49(41,46-7-2)31-14-10-25(19-32(31)50(42,47-8-3)48-9-4)11-15-33(40)44-23-29-20-28(22-43-29)39-17-16-27-21-37-34(38-35(27)39)26-12-13-30(36)24(5)18-26/h10,12-14,16-19,21,28-29H,6-9,11,15,20,22-23,36H2,1-5H3. The van der Waals surface area contributed by atoms with Crippen LogP contribution in [0.25, 0.3) is 22.4 Å². The summed E-state index contributed by atoms with van der Waals surface area (Å²) >= 11 is 0. The summed E-state index contributed by atoms with van der Waals surface area (Å²) in [5.74, 6) is 0.209. The number of aryl methyl sites for hydroxylation is 2. The van der Waals surface area contributed by atoms with Crippen molar-refractivity contribution >= 4 is 48.5 Å². The van der Waals surface area contributed by atoms with E-state index in [1.807, 2.05) is 43.6 Å². The molecular weight excluding hydrogens is 682 g/mol. The molecule has 2 aromatic carbocycles. The SMILES string of the molecule is CCOP(=O)(OCC)c1ccc(CCC(=O)OCC2CC(n3ccc4cnc(-c5ccc(N)c(C)c5)nc43)CO2)cc1P(=O)(OCC)OCC. The summed E-state index contributed by atoms with van der Waals surface area (Å²) < 4.78 is 63.7. The third kappa shape index (κ3) is 8.54. The van der Waals surface area contributed by atoms with E-state index in [4.69, 9.17) is 38.3 Å². The van der Waals surface area contributed by atoms with Gasteiger partial charge in [0.1, 0.15) is 12.3 Å². The van der Waals surface area contributed by atoms with E-state index in [0.717, 1.165) is 27.8 Å². The van der Waals surface area contributed by atoms with E-state index in [2.05, 4.69) is 9.55 Å². The van der Waals surface area contributed by atoms with Gasteiger partial charge in [0, 0.05) is 35.5 Å². The molecule has 4 aromatic rings. The highest BCUT2D eigenvalue weighted by Crippen LogP contribution is 2.53. The van der Waals surface area contributed by atoms with Crippen LogP contribution in [0.2, 0.25) is 0 Å². The summed E-state index contributed by atoms with van der Waals surface area (Å²) in [5.41, 5.74) is 10.0. The van der Waals surface area contributed by atoms with E-state index >= 15 is 0 Å². The molecule has 0 amide bonds. The Balaban J connectivity index is 1.23. The highest BCUT2D eigenvalue weighted by Gasteiger charge is 2.39. The predicted octanol–water partition coefficient (Wildman–Crippen LogP) is 6.28. The van der Waals surface area contributed by atoms with Crippen molar-refractivity contribution in [2.75, 3.05) is 45.4 Å². The first-order valence-corrected chi connectivity index (χ1v) is 20.0. The van der Waals surface area contributed by atoms with Crippen LogP contribution in [0.1, 0.15) is 57.7 Å². The molecule has 0 aliphatic carbocycles. The molecule has 15 heteroatoms. The quantitative estimate of drug-likeness (QED) is 0.0737. The number of fused-ring (bicyclic) bond motifs is 1. The normalized spacial score (nSPS) is 16.7. The number of nitrogen functional groups attached to an aromatic ring is 1. The summed E-state index contributed by atoms with van der Waals surface area (Å²) in [4.78, 5) is 22.3. The molecule has 2 N–H and O–H groups in total. The summed E-state index contributed by atoms with van der Waals surface area (Å²) in [6.45, 7) is 9.74. The maximum atomic E-state index is 13.9. The van der Waals surface area contributed by atoms with Gasteiger partial charge in [0.15, 0.2) is 5.82 Å². The van der Waals surface area contributed by atoms with Crippen molar-refractivity contribution in [2.45, 2.75) is 66.0 Å². The lowest BCUT2D eigenvalue weighted by atomic mass is 10.1. The molecule has 3 heterocycles. The number of anilines is 1. The van der Waals surface area contributed by atoms with E-state index in [1.54, 1.807) is 45.9 Å². The molecule has 5 rings (SSSR count). The van der Waals surface area contributed by atoms with Crippen molar-refractivity contribution in [3.8, 4) is 11.4 Å². The van der Waals surface area contributed by atoms with E-state index in [1.165, 1.54) is 0 Å². The zero-order valence-electron chi connectivity index (χ0n) is 29.2. The third-order valence-electron chi connectivity index (χ3n) is 8.31. The molecule has 1 aliphatic heterocycles. The molecule has 2 unspecified atom stereocenters. The maximum absolute atomic E-state index is 13.9. The molecule has 2 atom stereocenters. The van der Waals surface area contributed by atoms with Gasteiger partial charge in [-0.2, -0.15) is 0 Å². The Morgan fingerprint density at radius 2 is 1.62 bits per heavy atom. The minimum atomic E-state index is -3.90. The molecule has 1 saturated heterocycles. The number of carbonyl (C=O) groups excluding carboxylic acids is 1. The Morgan fingerprint density at radius 3 is 2.28 bits per heavy atom. The van der Waals surface area contributed by atoms with E-state index in [0.29, 0.717) is 24.4 Å². The van der Waals surface area contributed by atoms with Crippen LogP contribution >= 0.6 is 15.2 Å². The molecule has 50 heavy (non-hydrogen) atoms. The number of aromatic nitrogens is 3. The van der Waals surface area contributed by atoms with Gasteiger partial charge in [-0.25, -0.2) is 9.97 Å². The number of esters is 1. The van der Waals surface area contributed by atoms with E-state index in [-0.39, 0.29) is 68.6 Å². The predicted molar refractivity (Wildman–Crippen MR) is 192 cm³/mol. The van der Waals surface area contributed by atoms with Crippen LogP contribution in [0.5, 0.6) is 0 Å². The van der Waals surface area contributed by atoms with Crippen LogP contribution in [0, 0.1) is 6.92 Å². The summed E-state index contributed by atoms with van der Waals surface area (Å²) in [7, 11) is -7.74. The molecule has 0 bridgehead atoms. The topological polar surface area (TPSA) is 163 Å². The monoisotopic (exact) mass is 728 g/mol. The third-order valence-corrected chi connectivity index (χ3v) is 12.8. The molecule has 1 fully saturated rings. The molecule has 270 valence electrons. The fourth-order valence-corrected chi connectivity index (χ4v) is 9.98. The second-order valence-corrected chi connectivity index (χ2v) is 15.8. The molecule has 13 nitrogen and oxygen atoms in total. The fourth-order valence-electron chi connectivity index (χ4n) is 5.90. The molecule has 0 radical (unpaired) electrons. The Labute approximate surface area is 292 Å². The van der Waals surface area contributed by atoms with Crippen molar-refractivity contribution in [3.63, 3.8) is 0 Å². The van der Waals surface area contributed by atoms with Crippen molar-refractivity contribution in [1.29, 1.82) is 0 Å². The number of hydrogen-bond acceptors (Lipinski definition) is 12. The fraction of sp³-hybridized carbons (Fsp3) is 0.457. The maximum Gasteiger partial charge on any atom is 0.362 e. The van der Waals surface area contributed by atoms with Crippen molar-refractivity contribution in [1.82, 2.24) is 14.5 Å². The first-order valence-electron chi connectivity index (χ1n) is 16.9. The van der Waals surface area contributed by atoms with Crippen LogP contribution in [0.4, 0.5) is 5.69 Å². The molecule has 1 aliphatic rings. The van der Waals surface area contributed by atoms with Crippen LogP contribution < -0.4 is 16.3 Å². The van der Waals surface area contributed by atoms with Gasteiger partial charge in [0.25, 0.3) is 0 Å². The molecule has 0 saturated carbocycles. The van der Waals surface area contributed by atoms with Gasteiger partial charge in [0.2, 0.25) is 0 Å². The zero-order chi connectivity index (χ0) is 35.9. The number of rotatable bonds is 17. The van der Waals surface area contributed by atoms with Gasteiger partial charge in [0.05, 0.1) is 55.8 Å². The van der Waals surface area contributed by atoms with Gasteiger partial charge in [-0.05, 0) is 95.0 Å². The van der Waals surface area contributed by atoms with Crippen molar-refractivity contribution in [3.05, 3.63) is 66.0 Å². The summed E-state index contributed by atoms with van der Waals surface area (Å²) in [5, 5.41) is 1.13. The van der Waals surface area contributed by atoms with Crippen LogP contribution in [0.3, 0.4) is 0 Å². The number of hydrogen-bond donors (Lipinski definition) is 1. The lowest BCUT2D eigenvalue weighted by molar-refractivity contribution is -0.146. The highest BCUT2D eigenvalue weighted by molar-refractivity contribution is 7.68. The van der Waals surface area contributed by atoms with E-state index in [9.17, 15) is 13.9 Å². The average Bonchev–Trinajstić information content (AvgIpc) is 3.75. The summed E-state index contributed by atoms with van der Waals surface area (Å²) in [6, 6.07) is 12.6. The Hall–Kier alpha value is -3.41. The van der Waals surface area contributed by atoms with Gasteiger partial charge < -0.3 is 37.9 Å². The average molecular weight is 729 g/mol. The number of nitrogens with zero attached hydrogens (tertiary/aromatic N) is 3. The number of benzene rings is 2. The number of carbonyl (C=O) groups is 1. The van der Waals surface area contributed by atoms with Crippen molar-refractivity contribution < 1.29 is 41.5 Å². The molecule has 2 aromatic heterocycles. The van der Waals surface area contributed by atoms with Gasteiger partial charge in [-0.3, -0.25) is 13.9 Å². The largest absolute Gasteiger partial charge is 0.463 e. The van der Waals surface area contributed by atoms with Gasteiger partial charge in [-0.15, -0.1) is 0 Å². The Kier molecular flexibility index (Phi) is 12.7. The van der Waals surface area contributed by atoms with Gasteiger partial charge in [-0.1, -0.05) is 6.07 Å². The lowest BCUT2D eigenvalue weighted by Gasteiger charge is -2.24. The lowest BCUT2D eigenvalue weighted by Crippen LogP contribution is -2.29. The first-order chi connectivity index (χ1) is 24.0. The van der Waals surface area contributed by atoms with Crippen molar-refractivity contribution in [2.24, 2.45) is 0 Å². The smallest absolute Gasteiger partial charge is 0.362 e. The second kappa shape index (κ2) is 16.7. The minimum Gasteiger partial charge on any atom is -0.463 e. The summed E-state index contributed by atoms with van der Waals surface area (Å²) in [6.07, 6.45) is 4.50. The van der Waals surface area contributed by atoms with Crippen LogP contribution in [-0.2, 0) is 47.9 Å². The minimum absolute atomic E-state index is 0.0137. The van der Waals surface area contributed by atoms with E-state index < -0.39 is 21.2 Å². The second-order valence-electron chi connectivity index (χ2n) is 11.8. The number of ether oxygens (including phenoxy) is 2. The Morgan fingerprint density at radius 1 is 0.940 bits per heavy atom. The molecular formula is C35H46N4O9P2. The first kappa shape index (κ1) is 37.8. The zero-order valence-corrected chi connectivity index (χ0v) is 31.0. The van der Waals surface area contributed by atoms with Gasteiger partial charge >= 0.3 is 21.2 Å². The van der Waals surface area contributed by atoms with Crippen LogP contribution in [0.15, 0.2) is 54.9 Å². The Bertz CT molecular complexity index is 1880. The number of nitrogens with two attached hydrogens (primary N) is 1.